The first kappa shape index (κ1) is 8.57. The molecule has 13 heavy (non-hydrogen) atoms. The fraction of sp³-hybridized carbons (Fsp3) is 0.455. The van der Waals surface area contributed by atoms with Gasteiger partial charge in [-0.3, -0.25) is 0 Å². The number of benzene rings is 1. The van der Waals surface area contributed by atoms with Crippen molar-refractivity contribution in [3.63, 3.8) is 0 Å². The maximum absolute atomic E-state index is 5.87. The summed E-state index contributed by atoms with van der Waals surface area (Å²) in [6, 6.07) is 8.25. The number of para-hydroxylation sites is 1. The topological polar surface area (TPSA) is 21.3 Å². The molecule has 2 nitrogen and oxygen atoms in total. The highest BCUT2D eigenvalue weighted by molar-refractivity contribution is 5.38. The monoisotopic (exact) mass is 177 g/mol. The highest BCUT2D eigenvalue weighted by Gasteiger charge is 2.33. The normalized spacial score (nSPS) is 25.4. The predicted molar refractivity (Wildman–Crippen MR) is 53.1 cm³/mol. The van der Waals surface area contributed by atoms with Crippen LogP contribution in [0.4, 0.5) is 0 Å². The third-order valence-electron chi connectivity index (χ3n) is 2.44. The van der Waals surface area contributed by atoms with Crippen LogP contribution in [0, 0.1) is 0 Å². The largest absolute Gasteiger partial charge is 0.486 e. The Labute approximate surface area is 78.9 Å². The summed E-state index contributed by atoms with van der Waals surface area (Å²) in [5, 5.41) is 3.16. The Kier molecular flexibility index (Phi) is 2.00. The van der Waals surface area contributed by atoms with Crippen LogP contribution in [-0.4, -0.2) is 19.2 Å². The van der Waals surface area contributed by atoms with E-state index in [9.17, 15) is 0 Å². The summed E-state index contributed by atoms with van der Waals surface area (Å²) in [4.78, 5) is 0. The molecule has 0 radical (unpaired) electrons. The second-order valence-electron chi connectivity index (χ2n) is 3.87. The summed E-state index contributed by atoms with van der Waals surface area (Å²) < 4.78 is 5.87. The molecule has 1 atom stereocenters. The van der Waals surface area contributed by atoms with Gasteiger partial charge in [-0.1, -0.05) is 18.2 Å². The van der Waals surface area contributed by atoms with Crippen molar-refractivity contribution in [2.45, 2.75) is 18.9 Å². The van der Waals surface area contributed by atoms with Crippen molar-refractivity contribution in [1.82, 2.24) is 5.32 Å². The first-order valence-electron chi connectivity index (χ1n) is 4.65. The molecule has 1 aliphatic heterocycles. The molecule has 2 heteroatoms. The van der Waals surface area contributed by atoms with Crippen LogP contribution in [0.3, 0.4) is 0 Å². The van der Waals surface area contributed by atoms with Gasteiger partial charge in [0.1, 0.15) is 11.4 Å². The molecule has 70 valence electrons. The van der Waals surface area contributed by atoms with Crippen LogP contribution >= 0.6 is 0 Å². The Balaban J connectivity index is 2.21. The second kappa shape index (κ2) is 3.04. The molecule has 0 amide bonds. The lowest BCUT2D eigenvalue weighted by atomic mass is 9.99. The third-order valence-corrected chi connectivity index (χ3v) is 2.44. The number of hydrogen-bond donors (Lipinski definition) is 1. The van der Waals surface area contributed by atoms with Crippen molar-refractivity contribution in [1.29, 1.82) is 0 Å². The van der Waals surface area contributed by atoms with Crippen LogP contribution in [0.25, 0.3) is 0 Å². The van der Waals surface area contributed by atoms with Gasteiger partial charge in [0.2, 0.25) is 0 Å². The molecule has 0 aromatic heterocycles. The van der Waals surface area contributed by atoms with E-state index in [-0.39, 0.29) is 5.60 Å². The fourth-order valence-corrected chi connectivity index (χ4v) is 1.93. The molecule has 0 bridgehead atoms. The molecule has 1 N–H and O–H groups in total. The smallest absolute Gasteiger partial charge is 0.123 e. The van der Waals surface area contributed by atoms with E-state index in [1.807, 2.05) is 19.2 Å². The van der Waals surface area contributed by atoms with Gasteiger partial charge in [0.25, 0.3) is 0 Å². The van der Waals surface area contributed by atoms with E-state index >= 15 is 0 Å². The van der Waals surface area contributed by atoms with Crippen molar-refractivity contribution >= 4 is 0 Å². The van der Waals surface area contributed by atoms with Gasteiger partial charge in [-0.15, -0.1) is 0 Å². The lowest BCUT2D eigenvalue weighted by molar-refractivity contribution is 0.117. The molecule has 1 aromatic carbocycles. The quantitative estimate of drug-likeness (QED) is 0.741. The zero-order valence-electron chi connectivity index (χ0n) is 8.13. The van der Waals surface area contributed by atoms with Crippen molar-refractivity contribution < 1.29 is 4.74 Å². The third kappa shape index (κ3) is 1.54. The van der Waals surface area contributed by atoms with Gasteiger partial charge in [-0.2, -0.15) is 0 Å². The summed E-state index contributed by atoms with van der Waals surface area (Å²) in [6.07, 6.45) is 1.00. The Morgan fingerprint density at radius 1 is 1.46 bits per heavy atom. The number of hydrogen-bond acceptors (Lipinski definition) is 2. The van der Waals surface area contributed by atoms with E-state index in [1.54, 1.807) is 0 Å². The zero-order valence-corrected chi connectivity index (χ0v) is 8.13. The van der Waals surface area contributed by atoms with Crippen LogP contribution < -0.4 is 10.1 Å². The Morgan fingerprint density at radius 3 is 2.92 bits per heavy atom. The molecule has 1 aliphatic rings. The van der Waals surface area contributed by atoms with E-state index in [2.05, 4.69) is 24.4 Å². The van der Waals surface area contributed by atoms with E-state index in [0.29, 0.717) is 0 Å². The highest BCUT2D eigenvalue weighted by atomic mass is 16.5. The molecular formula is C11H15NO. The summed E-state index contributed by atoms with van der Waals surface area (Å²) in [5.74, 6) is 1.04. The lowest BCUT2D eigenvalue weighted by Gasteiger charge is -2.23. The summed E-state index contributed by atoms with van der Waals surface area (Å²) in [7, 11) is 1.96. The van der Waals surface area contributed by atoms with Gasteiger partial charge in [-0.25, -0.2) is 0 Å². The number of likely N-dealkylation sites (N-methyl/N-ethyl adjacent to an activating group) is 1. The lowest BCUT2D eigenvalue weighted by Crippen LogP contribution is -2.40. The van der Waals surface area contributed by atoms with Crippen molar-refractivity contribution in [2.24, 2.45) is 0 Å². The Hall–Kier alpha value is -1.02. The SMILES string of the molecule is CNC[C@]1(C)Cc2ccccc2O1. The molecule has 1 heterocycles. The molecule has 0 unspecified atom stereocenters. The first-order chi connectivity index (χ1) is 6.23. The number of ether oxygens (including phenoxy) is 1. The molecular weight excluding hydrogens is 162 g/mol. The molecule has 0 saturated heterocycles. The predicted octanol–water partition coefficient (Wildman–Crippen LogP) is 1.60. The van der Waals surface area contributed by atoms with Crippen LogP contribution in [0.15, 0.2) is 24.3 Å². The minimum absolute atomic E-state index is 0.0571. The molecule has 0 saturated carbocycles. The maximum Gasteiger partial charge on any atom is 0.123 e. The first-order valence-corrected chi connectivity index (χ1v) is 4.65. The van der Waals surface area contributed by atoms with Gasteiger partial charge in [0.15, 0.2) is 0 Å². The van der Waals surface area contributed by atoms with Crippen molar-refractivity contribution in [3.8, 4) is 5.75 Å². The van der Waals surface area contributed by atoms with Gasteiger partial charge in [0, 0.05) is 13.0 Å². The summed E-state index contributed by atoms with van der Waals surface area (Å²) >= 11 is 0. The molecule has 0 spiro atoms. The minimum Gasteiger partial charge on any atom is -0.486 e. The van der Waals surface area contributed by atoms with E-state index < -0.39 is 0 Å². The standard InChI is InChI=1S/C11H15NO/c1-11(8-12-2)7-9-5-3-4-6-10(9)13-11/h3-6,12H,7-8H2,1-2H3/t11-/m0/s1. The molecule has 0 fully saturated rings. The number of rotatable bonds is 2. The van der Waals surface area contributed by atoms with Gasteiger partial charge >= 0.3 is 0 Å². The van der Waals surface area contributed by atoms with Crippen LogP contribution in [0.5, 0.6) is 5.75 Å². The second-order valence-corrected chi connectivity index (χ2v) is 3.87. The van der Waals surface area contributed by atoms with Crippen molar-refractivity contribution in [3.05, 3.63) is 29.8 Å². The number of nitrogens with one attached hydrogen (secondary N) is 1. The zero-order chi connectivity index (χ0) is 9.31. The van der Waals surface area contributed by atoms with Crippen LogP contribution in [0.2, 0.25) is 0 Å². The van der Waals surface area contributed by atoms with Gasteiger partial charge < -0.3 is 10.1 Å². The maximum atomic E-state index is 5.87. The average molecular weight is 177 g/mol. The molecule has 2 rings (SSSR count). The van der Waals surface area contributed by atoms with Crippen LogP contribution in [-0.2, 0) is 6.42 Å². The van der Waals surface area contributed by atoms with E-state index in [1.165, 1.54) is 5.56 Å². The van der Waals surface area contributed by atoms with E-state index in [0.717, 1.165) is 18.7 Å². The highest BCUT2D eigenvalue weighted by Crippen LogP contribution is 2.33. The molecule has 1 aromatic rings. The van der Waals surface area contributed by atoms with Crippen molar-refractivity contribution in [2.75, 3.05) is 13.6 Å². The molecule has 0 aliphatic carbocycles. The Morgan fingerprint density at radius 2 is 2.23 bits per heavy atom. The average Bonchev–Trinajstić information content (AvgIpc) is 2.40. The van der Waals surface area contributed by atoms with Gasteiger partial charge in [-0.05, 0) is 25.6 Å². The van der Waals surface area contributed by atoms with Gasteiger partial charge in [0.05, 0.1) is 0 Å². The van der Waals surface area contributed by atoms with E-state index in [4.69, 9.17) is 4.74 Å². The Bertz CT molecular complexity index is 284. The summed E-state index contributed by atoms with van der Waals surface area (Å²) in [6.45, 7) is 3.03. The van der Waals surface area contributed by atoms with Crippen LogP contribution in [0.1, 0.15) is 12.5 Å². The number of fused-ring (bicyclic) bond motifs is 1. The fourth-order valence-electron chi connectivity index (χ4n) is 1.93. The minimum atomic E-state index is -0.0571. The summed E-state index contributed by atoms with van der Waals surface area (Å²) in [5.41, 5.74) is 1.26.